The molecule has 2 N–H and O–H groups in total. The number of amides is 1. The van der Waals surface area contributed by atoms with Gasteiger partial charge in [-0.3, -0.25) is 4.79 Å². The third-order valence-electron chi connectivity index (χ3n) is 5.44. The van der Waals surface area contributed by atoms with Crippen molar-refractivity contribution in [2.75, 3.05) is 37.8 Å². The standard InChI is InChI=1S/C23H22N4O3/c1-15(28)24-6-2-3-17-11-25-23-20(17)9-18(12-26-23)16-4-5-21-22(10-16)30-14-19-13-29-8-7-27(19)21/h4-5,9-12,19H,6-8,13-14H2,1H3,(H,24,28)(H,25,26). The van der Waals surface area contributed by atoms with Crippen LogP contribution in [0.2, 0.25) is 0 Å². The van der Waals surface area contributed by atoms with Gasteiger partial charge in [0.05, 0.1) is 37.1 Å². The third-order valence-corrected chi connectivity index (χ3v) is 5.44. The van der Waals surface area contributed by atoms with Crippen LogP contribution in [0.1, 0.15) is 12.5 Å². The summed E-state index contributed by atoms with van der Waals surface area (Å²) < 4.78 is 11.6. The van der Waals surface area contributed by atoms with Crippen molar-refractivity contribution in [1.82, 2.24) is 15.3 Å². The number of aromatic nitrogens is 2. The first-order chi connectivity index (χ1) is 14.7. The van der Waals surface area contributed by atoms with Gasteiger partial charge in [0.1, 0.15) is 18.0 Å². The van der Waals surface area contributed by atoms with Crippen molar-refractivity contribution in [3.8, 4) is 28.7 Å². The second-order valence-corrected chi connectivity index (χ2v) is 7.45. The van der Waals surface area contributed by atoms with Crippen LogP contribution in [0.3, 0.4) is 0 Å². The number of carbonyl (C=O) groups is 1. The minimum atomic E-state index is -0.0924. The van der Waals surface area contributed by atoms with Crippen LogP contribution in [0.25, 0.3) is 22.2 Å². The number of nitrogens with zero attached hydrogens (tertiary/aromatic N) is 2. The Bertz CT molecular complexity index is 1170. The van der Waals surface area contributed by atoms with Crippen molar-refractivity contribution in [2.24, 2.45) is 0 Å². The van der Waals surface area contributed by atoms with Gasteiger partial charge >= 0.3 is 0 Å². The molecule has 1 aromatic carbocycles. The van der Waals surface area contributed by atoms with E-state index >= 15 is 0 Å². The smallest absolute Gasteiger partial charge is 0.217 e. The molecule has 7 heteroatoms. The van der Waals surface area contributed by atoms with Gasteiger partial charge in [-0.05, 0) is 23.8 Å². The normalized spacial score (nSPS) is 17.4. The molecule has 2 aromatic heterocycles. The molecule has 1 fully saturated rings. The van der Waals surface area contributed by atoms with E-state index in [2.05, 4.69) is 56.3 Å². The molecule has 4 heterocycles. The highest BCUT2D eigenvalue weighted by molar-refractivity contribution is 5.87. The summed E-state index contributed by atoms with van der Waals surface area (Å²) in [6.07, 6.45) is 3.70. The van der Waals surface area contributed by atoms with Crippen LogP contribution in [0, 0.1) is 11.8 Å². The van der Waals surface area contributed by atoms with E-state index in [0.717, 1.165) is 52.3 Å². The molecular weight excluding hydrogens is 380 g/mol. The van der Waals surface area contributed by atoms with Gasteiger partial charge in [0.15, 0.2) is 0 Å². The maximum atomic E-state index is 11.0. The summed E-state index contributed by atoms with van der Waals surface area (Å²) in [6.45, 7) is 4.78. The predicted molar refractivity (Wildman–Crippen MR) is 115 cm³/mol. The van der Waals surface area contributed by atoms with Crippen molar-refractivity contribution in [2.45, 2.75) is 13.0 Å². The lowest BCUT2D eigenvalue weighted by Gasteiger charge is -2.41. The van der Waals surface area contributed by atoms with E-state index in [0.29, 0.717) is 19.8 Å². The van der Waals surface area contributed by atoms with Gasteiger partial charge < -0.3 is 24.7 Å². The number of morpholine rings is 1. The van der Waals surface area contributed by atoms with E-state index in [-0.39, 0.29) is 11.9 Å². The maximum Gasteiger partial charge on any atom is 0.217 e. The summed E-state index contributed by atoms with van der Waals surface area (Å²) in [5.74, 6) is 6.88. The highest BCUT2D eigenvalue weighted by atomic mass is 16.5. The number of fused-ring (bicyclic) bond motifs is 4. The average molecular weight is 402 g/mol. The van der Waals surface area contributed by atoms with Gasteiger partial charge in [0, 0.05) is 36.8 Å². The first-order valence-corrected chi connectivity index (χ1v) is 10.0. The molecule has 0 radical (unpaired) electrons. The largest absolute Gasteiger partial charge is 0.489 e. The number of carbonyl (C=O) groups excluding carboxylic acids is 1. The molecule has 5 rings (SSSR count). The van der Waals surface area contributed by atoms with E-state index in [1.54, 1.807) is 0 Å². The van der Waals surface area contributed by atoms with Crippen LogP contribution >= 0.6 is 0 Å². The van der Waals surface area contributed by atoms with Gasteiger partial charge in [-0.15, -0.1) is 0 Å². The van der Waals surface area contributed by atoms with Crippen molar-refractivity contribution in [3.63, 3.8) is 0 Å². The zero-order valence-electron chi connectivity index (χ0n) is 16.7. The molecule has 0 aliphatic carbocycles. The second kappa shape index (κ2) is 7.73. The maximum absolute atomic E-state index is 11.0. The number of hydrogen-bond acceptors (Lipinski definition) is 5. The Kier molecular flexibility index (Phi) is 4.77. The summed E-state index contributed by atoms with van der Waals surface area (Å²) in [7, 11) is 0. The lowest BCUT2D eigenvalue weighted by Crippen LogP contribution is -2.51. The SMILES string of the molecule is CC(=O)NCC#Cc1c[nH]c2ncc(-c3ccc4c(c3)OCC3COCCN43)cc12. The van der Waals surface area contributed by atoms with Crippen molar-refractivity contribution in [3.05, 3.63) is 42.2 Å². The zero-order chi connectivity index (χ0) is 20.5. The highest BCUT2D eigenvalue weighted by Crippen LogP contribution is 2.38. The van der Waals surface area contributed by atoms with E-state index in [1.807, 2.05) is 12.4 Å². The molecule has 3 aromatic rings. The first-order valence-electron chi connectivity index (χ1n) is 10.0. The molecule has 7 nitrogen and oxygen atoms in total. The molecule has 2 aliphatic rings. The molecule has 1 amide bonds. The Morgan fingerprint density at radius 3 is 3.17 bits per heavy atom. The number of pyridine rings is 1. The number of ether oxygens (including phenoxy) is 2. The fourth-order valence-corrected chi connectivity index (χ4v) is 3.92. The molecule has 1 saturated heterocycles. The Labute approximate surface area is 174 Å². The molecule has 0 saturated carbocycles. The van der Waals surface area contributed by atoms with Crippen LogP contribution in [0.15, 0.2) is 36.7 Å². The fraction of sp³-hybridized carbons (Fsp3) is 0.304. The Morgan fingerprint density at radius 1 is 1.33 bits per heavy atom. The topological polar surface area (TPSA) is 79.5 Å². The molecule has 2 aliphatic heterocycles. The number of benzene rings is 1. The van der Waals surface area contributed by atoms with Crippen LogP contribution in [-0.4, -0.2) is 54.8 Å². The van der Waals surface area contributed by atoms with E-state index < -0.39 is 0 Å². The molecule has 1 atom stereocenters. The van der Waals surface area contributed by atoms with Gasteiger partial charge in [-0.25, -0.2) is 4.98 Å². The number of aromatic amines is 1. The highest BCUT2D eigenvalue weighted by Gasteiger charge is 2.30. The molecule has 152 valence electrons. The number of anilines is 1. The summed E-state index contributed by atoms with van der Waals surface area (Å²) in [6, 6.07) is 8.69. The van der Waals surface area contributed by atoms with E-state index in [9.17, 15) is 4.79 Å². The number of rotatable bonds is 2. The van der Waals surface area contributed by atoms with Crippen molar-refractivity contribution < 1.29 is 14.3 Å². The van der Waals surface area contributed by atoms with Crippen LogP contribution < -0.4 is 15.0 Å². The minimum Gasteiger partial charge on any atom is -0.489 e. The lowest BCUT2D eigenvalue weighted by atomic mass is 10.0. The summed E-state index contributed by atoms with van der Waals surface area (Å²) >= 11 is 0. The van der Waals surface area contributed by atoms with Gasteiger partial charge in [-0.2, -0.15) is 0 Å². The Hall–Kier alpha value is -3.50. The average Bonchev–Trinajstić information content (AvgIpc) is 3.18. The number of H-pyrrole nitrogens is 1. The van der Waals surface area contributed by atoms with Crippen LogP contribution in [-0.2, 0) is 9.53 Å². The monoisotopic (exact) mass is 402 g/mol. The zero-order valence-corrected chi connectivity index (χ0v) is 16.7. The van der Waals surface area contributed by atoms with Crippen LogP contribution in [0.4, 0.5) is 5.69 Å². The molecular formula is C23H22N4O3. The molecule has 0 bridgehead atoms. The number of hydrogen-bond donors (Lipinski definition) is 2. The summed E-state index contributed by atoms with van der Waals surface area (Å²) in [5, 5.41) is 3.63. The van der Waals surface area contributed by atoms with E-state index in [4.69, 9.17) is 9.47 Å². The first kappa shape index (κ1) is 18.5. The van der Waals surface area contributed by atoms with Crippen molar-refractivity contribution >= 4 is 22.6 Å². The van der Waals surface area contributed by atoms with Crippen molar-refractivity contribution in [1.29, 1.82) is 0 Å². The third kappa shape index (κ3) is 3.46. The predicted octanol–water partition coefficient (Wildman–Crippen LogP) is 2.32. The van der Waals surface area contributed by atoms with E-state index in [1.165, 1.54) is 6.92 Å². The summed E-state index contributed by atoms with van der Waals surface area (Å²) in [5.41, 5.74) is 4.82. The molecule has 0 spiro atoms. The summed E-state index contributed by atoms with van der Waals surface area (Å²) in [4.78, 5) is 21.1. The molecule has 1 unspecified atom stereocenters. The second-order valence-electron chi connectivity index (χ2n) is 7.45. The Morgan fingerprint density at radius 2 is 2.27 bits per heavy atom. The van der Waals surface area contributed by atoms with Gasteiger partial charge in [0.25, 0.3) is 0 Å². The lowest BCUT2D eigenvalue weighted by molar-refractivity contribution is -0.118. The van der Waals surface area contributed by atoms with Gasteiger partial charge in [-0.1, -0.05) is 17.9 Å². The fourth-order valence-electron chi connectivity index (χ4n) is 3.92. The molecule has 30 heavy (non-hydrogen) atoms. The Balaban J connectivity index is 1.45. The minimum absolute atomic E-state index is 0.0924. The number of nitrogens with one attached hydrogen (secondary N) is 2. The van der Waals surface area contributed by atoms with Crippen LogP contribution in [0.5, 0.6) is 5.75 Å². The van der Waals surface area contributed by atoms with Gasteiger partial charge in [0.2, 0.25) is 5.91 Å². The quantitative estimate of drug-likeness (QED) is 0.643.